The Balaban J connectivity index is 0.00000480. The molecule has 0 saturated heterocycles. The number of hydrogen-bond acceptors (Lipinski definition) is 2. The first-order valence-electron chi connectivity index (χ1n) is 12.0. The predicted molar refractivity (Wildman–Crippen MR) is 134 cm³/mol. The minimum Gasteiger partial charge on any atom is -0.252 e. The summed E-state index contributed by atoms with van der Waals surface area (Å²) in [4.78, 5) is 10.2. The number of aryl methyl sites for hydroxylation is 2. The van der Waals surface area contributed by atoms with E-state index in [-0.39, 0.29) is 16.5 Å². The van der Waals surface area contributed by atoms with Gasteiger partial charge in [-0.2, -0.15) is 0 Å². The maximum Gasteiger partial charge on any atom is 0.0633 e. The van der Waals surface area contributed by atoms with E-state index in [1.807, 2.05) is 0 Å². The molecule has 2 rings (SSSR count). The van der Waals surface area contributed by atoms with Gasteiger partial charge < -0.3 is 0 Å². The van der Waals surface area contributed by atoms with Crippen LogP contribution in [0.15, 0.2) is 58.5 Å². The average Bonchev–Trinajstić information content (AvgIpc) is 2.79. The summed E-state index contributed by atoms with van der Waals surface area (Å²) in [6, 6.07) is 17.4. The molecule has 0 bridgehead atoms. The summed E-state index contributed by atoms with van der Waals surface area (Å²) in [5.41, 5.74) is 7.13. The molecule has 0 spiro atoms. The van der Waals surface area contributed by atoms with Gasteiger partial charge in [-0.05, 0) is 73.9 Å². The van der Waals surface area contributed by atoms with Gasteiger partial charge in [0.2, 0.25) is 0 Å². The Morgan fingerprint density at radius 2 is 0.968 bits per heavy atom. The van der Waals surface area contributed by atoms with Crippen LogP contribution in [-0.4, -0.2) is 11.4 Å². The van der Waals surface area contributed by atoms with E-state index in [9.17, 15) is 0 Å². The van der Waals surface area contributed by atoms with Gasteiger partial charge in [0, 0.05) is 16.5 Å². The van der Waals surface area contributed by atoms with Gasteiger partial charge in [0.1, 0.15) is 0 Å². The molecule has 0 fully saturated rings. The summed E-state index contributed by atoms with van der Waals surface area (Å²) in [7, 11) is 0. The van der Waals surface area contributed by atoms with Gasteiger partial charge in [-0.3, -0.25) is 9.98 Å². The maximum atomic E-state index is 5.10. The average molecular weight is 463 g/mol. The Labute approximate surface area is 200 Å². The van der Waals surface area contributed by atoms with Crippen molar-refractivity contribution < 1.29 is 16.5 Å². The van der Waals surface area contributed by atoms with Crippen LogP contribution in [0.25, 0.3) is 0 Å². The molecular formula is C28H40N2Ni. The first kappa shape index (κ1) is 27.3. The van der Waals surface area contributed by atoms with Gasteiger partial charge in [-0.15, -0.1) is 0 Å². The van der Waals surface area contributed by atoms with Crippen molar-refractivity contribution in [3.8, 4) is 0 Å². The van der Waals surface area contributed by atoms with E-state index >= 15 is 0 Å². The van der Waals surface area contributed by atoms with Crippen LogP contribution in [0.5, 0.6) is 0 Å². The molecule has 172 valence electrons. The molecule has 0 radical (unpaired) electrons. The molecule has 0 aliphatic carbocycles. The largest absolute Gasteiger partial charge is 0.252 e. The summed E-state index contributed by atoms with van der Waals surface area (Å²) in [6.07, 6.45) is 11.4. The van der Waals surface area contributed by atoms with E-state index in [1.165, 1.54) is 48.9 Å². The third-order valence-corrected chi connectivity index (χ3v) is 5.58. The zero-order chi connectivity index (χ0) is 21.6. The van der Waals surface area contributed by atoms with E-state index in [0.29, 0.717) is 0 Å². The fraction of sp³-hybridized carbons (Fsp3) is 0.500. The summed E-state index contributed by atoms with van der Waals surface area (Å²) in [5, 5.41) is 0. The second-order valence-corrected chi connectivity index (χ2v) is 8.07. The first-order chi connectivity index (χ1) is 14.7. The van der Waals surface area contributed by atoms with Gasteiger partial charge in [0.25, 0.3) is 0 Å². The molecule has 0 amide bonds. The number of rotatable bonds is 13. The summed E-state index contributed by atoms with van der Waals surface area (Å²) in [6.45, 7) is 8.89. The van der Waals surface area contributed by atoms with Crippen molar-refractivity contribution in [2.75, 3.05) is 0 Å². The van der Waals surface area contributed by atoms with Crippen LogP contribution < -0.4 is 0 Å². The van der Waals surface area contributed by atoms with E-state index in [2.05, 4.69) is 76.2 Å². The van der Waals surface area contributed by atoms with E-state index in [4.69, 9.17) is 9.98 Å². The summed E-state index contributed by atoms with van der Waals surface area (Å²) < 4.78 is 0. The Morgan fingerprint density at radius 3 is 1.35 bits per heavy atom. The molecular weight excluding hydrogens is 423 g/mol. The fourth-order valence-electron chi connectivity index (χ4n) is 3.52. The van der Waals surface area contributed by atoms with Crippen molar-refractivity contribution >= 4 is 22.8 Å². The smallest absolute Gasteiger partial charge is 0.0633 e. The van der Waals surface area contributed by atoms with Crippen LogP contribution in [0.1, 0.15) is 90.2 Å². The number of unbranched alkanes of at least 4 members (excludes halogenated alkanes) is 4. The van der Waals surface area contributed by atoms with Crippen LogP contribution in [0.4, 0.5) is 11.4 Å². The van der Waals surface area contributed by atoms with Crippen LogP contribution in [-0.2, 0) is 29.3 Å². The van der Waals surface area contributed by atoms with Crippen molar-refractivity contribution in [2.45, 2.75) is 91.9 Å². The third kappa shape index (κ3) is 9.96. The van der Waals surface area contributed by atoms with Crippen LogP contribution in [0.3, 0.4) is 0 Å². The number of benzene rings is 2. The Bertz CT molecular complexity index is 789. The third-order valence-electron chi connectivity index (χ3n) is 5.58. The molecule has 0 unspecified atom stereocenters. The minimum atomic E-state index is 0. The molecule has 0 aliphatic rings. The first-order valence-corrected chi connectivity index (χ1v) is 12.0. The van der Waals surface area contributed by atoms with E-state index in [1.54, 1.807) is 0 Å². The molecule has 0 N–H and O–H groups in total. The van der Waals surface area contributed by atoms with Gasteiger partial charge in [0.15, 0.2) is 0 Å². The van der Waals surface area contributed by atoms with Gasteiger partial charge in [-0.25, -0.2) is 0 Å². The quantitative estimate of drug-likeness (QED) is 0.161. The molecule has 2 nitrogen and oxygen atoms in total. The molecule has 3 heteroatoms. The Kier molecular flexibility index (Phi) is 14.1. The maximum absolute atomic E-state index is 5.10. The van der Waals surface area contributed by atoms with Crippen LogP contribution >= 0.6 is 0 Å². The second kappa shape index (κ2) is 16.0. The predicted octanol–water partition coefficient (Wildman–Crippen LogP) is 8.81. The SMILES string of the molecule is CCCCCCC(=N\c1ccc(CC)cc1)/C(CCCC)=N/c1ccc(CC)cc1.[Ni]. The molecule has 0 aliphatic heterocycles. The normalized spacial score (nSPS) is 12.0. The molecule has 0 aromatic heterocycles. The summed E-state index contributed by atoms with van der Waals surface area (Å²) >= 11 is 0. The van der Waals surface area contributed by atoms with E-state index < -0.39 is 0 Å². The minimum absolute atomic E-state index is 0. The molecule has 31 heavy (non-hydrogen) atoms. The monoisotopic (exact) mass is 462 g/mol. The molecule has 0 saturated carbocycles. The van der Waals surface area contributed by atoms with Crippen molar-refractivity contribution in [2.24, 2.45) is 9.98 Å². The summed E-state index contributed by atoms with van der Waals surface area (Å²) in [5.74, 6) is 0. The Morgan fingerprint density at radius 1 is 0.548 bits per heavy atom. The number of nitrogens with zero attached hydrogens (tertiary/aromatic N) is 2. The molecule has 2 aromatic rings. The van der Waals surface area contributed by atoms with Gasteiger partial charge in [-0.1, -0.05) is 77.6 Å². The Hall–Kier alpha value is -1.73. The standard InChI is InChI=1S/C28H40N2.Ni/c1-5-9-11-12-14-28(30-26-21-17-24(8-4)18-22-26)27(13-10-6-2)29-25-19-15-23(7-3)16-20-25;/h15-22H,5-14H2,1-4H3;/b29-27+,30-28+;. The van der Waals surface area contributed by atoms with Crippen molar-refractivity contribution in [1.82, 2.24) is 0 Å². The van der Waals surface area contributed by atoms with E-state index in [0.717, 1.165) is 49.2 Å². The zero-order valence-electron chi connectivity index (χ0n) is 19.9. The number of hydrogen-bond donors (Lipinski definition) is 0. The van der Waals surface area contributed by atoms with Gasteiger partial charge >= 0.3 is 0 Å². The topological polar surface area (TPSA) is 24.7 Å². The van der Waals surface area contributed by atoms with Gasteiger partial charge in [0.05, 0.1) is 22.8 Å². The zero-order valence-corrected chi connectivity index (χ0v) is 20.9. The van der Waals surface area contributed by atoms with Crippen molar-refractivity contribution in [3.05, 3.63) is 59.7 Å². The second-order valence-electron chi connectivity index (χ2n) is 8.07. The fourth-order valence-corrected chi connectivity index (χ4v) is 3.52. The van der Waals surface area contributed by atoms with Crippen LogP contribution in [0, 0.1) is 0 Å². The van der Waals surface area contributed by atoms with Crippen molar-refractivity contribution in [3.63, 3.8) is 0 Å². The van der Waals surface area contributed by atoms with Crippen LogP contribution in [0.2, 0.25) is 0 Å². The van der Waals surface area contributed by atoms with Crippen molar-refractivity contribution in [1.29, 1.82) is 0 Å². The molecule has 0 heterocycles. The molecule has 2 aromatic carbocycles. The number of aliphatic imine (C=N–C) groups is 2. The molecule has 0 atom stereocenters.